The molecule has 0 saturated carbocycles. The average Bonchev–Trinajstić information content (AvgIpc) is 3.19. The predicted octanol–water partition coefficient (Wildman–Crippen LogP) is 2.22. The first-order valence-corrected chi connectivity index (χ1v) is 8.62. The first-order chi connectivity index (χ1) is 12.5. The van der Waals surface area contributed by atoms with Gasteiger partial charge in [-0.15, -0.1) is 0 Å². The topological polar surface area (TPSA) is 87.0 Å². The van der Waals surface area contributed by atoms with Gasteiger partial charge in [-0.1, -0.05) is 18.2 Å². The van der Waals surface area contributed by atoms with E-state index in [1.807, 2.05) is 53.8 Å². The highest BCUT2D eigenvalue weighted by atomic mass is 16.4. The number of hydrogen-bond donors (Lipinski definition) is 2. The Balaban J connectivity index is 1.69. The molecule has 7 nitrogen and oxygen atoms in total. The number of carbonyl (C=O) groups is 1. The quantitative estimate of drug-likeness (QED) is 0.753. The van der Waals surface area contributed by atoms with Crippen LogP contribution < -0.4 is 0 Å². The van der Waals surface area contributed by atoms with E-state index in [1.54, 1.807) is 6.33 Å². The van der Waals surface area contributed by atoms with Crippen LogP contribution in [0.5, 0.6) is 0 Å². The molecule has 1 aliphatic heterocycles. The maximum absolute atomic E-state index is 11.8. The molecular weight excluding hydrogens is 330 g/mol. The molecule has 0 bridgehead atoms. The molecule has 2 N–H and O–H groups in total. The molecule has 3 heterocycles. The maximum atomic E-state index is 11.8. The number of carboxylic acids is 1. The van der Waals surface area contributed by atoms with Gasteiger partial charge < -0.3 is 10.1 Å². The standard InChI is InChI=1S/C19H21N5O2/c1-12-7-13(2)24(22-12)17-6-4-3-5-14(17)9-23-10-16-15(20-11-21-16)8-18(23)19(25)26/h3-7,11,18H,8-10H2,1-2H3,(H,20,21)(H,25,26). The Morgan fingerprint density at radius 3 is 2.88 bits per heavy atom. The number of nitrogens with one attached hydrogen (secondary N) is 1. The number of H-pyrrole nitrogens is 1. The third kappa shape index (κ3) is 2.90. The number of aromatic amines is 1. The third-order valence-electron chi connectivity index (χ3n) is 4.88. The van der Waals surface area contributed by atoms with E-state index in [0.717, 1.165) is 34.0 Å². The van der Waals surface area contributed by atoms with E-state index < -0.39 is 12.0 Å². The normalized spacial score (nSPS) is 17.2. The molecule has 134 valence electrons. The van der Waals surface area contributed by atoms with Crippen LogP contribution in [0.25, 0.3) is 5.69 Å². The lowest BCUT2D eigenvalue weighted by molar-refractivity contribution is -0.144. The summed E-state index contributed by atoms with van der Waals surface area (Å²) in [5.41, 5.74) is 5.89. The predicted molar refractivity (Wildman–Crippen MR) is 96.0 cm³/mol. The Morgan fingerprint density at radius 2 is 2.15 bits per heavy atom. The van der Waals surface area contributed by atoms with Crippen molar-refractivity contribution in [1.82, 2.24) is 24.6 Å². The molecule has 7 heteroatoms. The van der Waals surface area contributed by atoms with Crippen LogP contribution in [0.4, 0.5) is 0 Å². The Hall–Kier alpha value is -2.93. The minimum Gasteiger partial charge on any atom is -0.480 e. The van der Waals surface area contributed by atoms with Gasteiger partial charge in [0.1, 0.15) is 6.04 Å². The zero-order valence-corrected chi connectivity index (χ0v) is 14.8. The number of imidazole rings is 1. The number of aryl methyl sites for hydroxylation is 2. The summed E-state index contributed by atoms with van der Waals surface area (Å²) in [6, 6.07) is 9.47. The fraction of sp³-hybridized carbons (Fsp3) is 0.316. The molecule has 26 heavy (non-hydrogen) atoms. The number of hydrogen-bond acceptors (Lipinski definition) is 4. The fourth-order valence-electron chi connectivity index (χ4n) is 3.64. The summed E-state index contributed by atoms with van der Waals surface area (Å²) in [5.74, 6) is -0.817. The highest BCUT2D eigenvalue weighted by Crippen LogP contribution is 2.25. The van der Waals surface area contributed by atoms with Crippen molar-refractivity contribution >= 4 is 5.97 Å². The van der Waals surface area contributed by atoms with Crippen LogP contribution in [-0.4, -0.2) is 41.8 Å². The highest BCUT2D eigenvalue weighted by molar-refractivity contribution is 5.74. The van der Waals surface area contributed by atoms with Crippen LogP contribution >= 0.6 is 0 Å². The van der Waals surface area contributed by atoms with Crippen molar-refractivity contribution in [2.45, 2.75) is 39.4 Å². The number of nitrogens with zero attached hydrogens (tertiary/aromatic N) is 4. The van der Waals surface area contributed by atoms with Crippen molar-refractivity contribution in [3.8, 4) is 5.69 Å². The van der Waals surface area contributed by atoms with Crippen LogP contribution in [0.15, 0.2) is 36.7 Å². The van der Waals surface area contributed by atoms with Gasteiger partial charge in [-0.25, -0.2) is 9.67 Å². The van der Waals surface area contributed by atoms with E-state index in [9.17, 15) is 9.90 Å². The van der Waals surface area contributed by atoms with E-state index in [0.29, 0.717) is 19.5 Å². The number of aliphatic carboxylic acids is 1. The molecule has 0 saturated heterocycles. The summed E-state index contributed by atoms with van der Waals surface area (Å²) in [6.07, 6.45) is 2.05. The van der Waals surface area contributed by atoms with Gasteiger partial charge in [-0.2, -0.15) is 5.10 Å². The molecule has 4 rings (SSSR count). The molecule has 1 unspecified atom stereocenters. The molecule has 1 aromatic carbocycles. The van der Waals surface area contributed by atoms with Gasteiger partial charge in [-0.3, -0.25) is 9.69 Å². The van der Waals surface area contributed by atoms with Crippen molar-refractivity contribution in [1.29, 1.82) is 0 Å². The molecule has 2 aromatic heterocycles. The summed E-state index contributed by atoms with van der Waals surface area (Å²) >= 11 is 0. The van der Waals surface area contributed by atoms with E-state index in [2.05, 4.69) is 15.1 Å². The molecule has 0 fully saturated rings. The van der Waals surface area contributed by atoms with Crippen LogP contribution in [0.2, 0.25) is 0 Å². The summed E-state index contributed by atoms with van der Waals surface area (Å²) in [5, 5.41) is 14.3. The molecule has 1 aliphatic rings. The van der Waals surface area contributed by atoms with Crippen LogP contribution in [-0.2, 0) is 24.3 Å². The number of fused-ring (bicyclic) bond motifs is 1. The van der Waals surface area contributed by atoms with Gasteiger partial charge in [0.15, 0.2) is 0 Å². The maximum Gasteiger partial charge on any atom is 0.321 e. The Labute approximate surface area is 151 Å². The Kier molecular flexibility index (Phi) is 4.08. The number of para-hydroxylation sites is 1. The van der Waals surface area contributed by atoms with Crippen LogP contribution in [0.1, 0.15) is 28.3 Å². The number of carboxylic acid groups (broad SMARTS) is 1. The largest absolute Gasteiger partial charge is 0.480 e. The Bertz CT molecular complexity index is 959. The van der Waals surface area contributed by atoms with Gasteiger partial charge in [0.05, 0.1) is 29.1 Å². The smallest absolute Gasteiger partial charge is 0.321 e. The monoisotopic (exact) mass is 351 g/mol. The second-order valence-electron chi connectivity index (χ2n) is 6.76. The molecule has 0 amide bonds. The van der Waals surface area contributed by atoms with Gasteiger partial charge in [0, 0.05) is 25.2 Å². The second kappa shape index (κ2) is 6.42. The van der Waals surface area contributed by atoms with Crippen molar-refractivity contribution < 1.29 is 9.90 Å². The van der Waals surface area contributed by atoms with Gasteiger partial charge >= 0.3 is 5.97 Å². The zero-order chi connectivity index (χ0) is 18.3. The van der Waals surface area contributed by atoms with Crippen molar-refractivity contribution in [2.24, 2.45) is 0 Å². The van der Waals surface area contributed by atoms with Gasteiger partial charge in [0.25, 0.3) is 0 Å². The van der Waals surface area contributed by atoms with Crippen molar-refractivity contribution in [3.63, 3.8) is 0 Å². The molecule has 1 atom stereocenters. The van der Waals surface area contributed by atoms with Crippen molar-refractivity contribution in [3.05, 3.63) is 65.0 Å². The fourth-order valence-corrected chi connectivity index (χ4v) is 3.64. The summed E-state index contributed by atoms with van der Waals surface area (Å²) < 4.78 is 1.92. The van der Waals surface area contributed by atoms with E-state index in [4.69, 9.17) is 0 Å². The third-order valence-corrected chi connectivity index (χ3v) is 4.88. The zero-order valence-electron chi connectivity index (χ0n) is 14.8. The minimum atomic E-state index is -0.817. The average molecular weight is 351 g/mol. The molecule has 0 radical (unpaired) electrons. The lowest BCUT2D eigenvalue weighted by Gasteiger charge is -2.32. The van der Waals surface area contributed by atoms with E-state index in [1.165, 1.54) is 0 Å². The second-order valence-corrected chi connectivity index (χ2v) is 6.76. The molecule has 0 aliphatic carbocycles. The first-order valence-electron chi connectivity index (χ1n) is 8.62. The Morgan fingerprint density at radius 1 is 1.35 bits per heavy atom. The van der Waals surface area contributed by atoms with Gasteiger partial charge in [-0.05, 0) is 31.5 Å². The minimum absolute atomic E-state index is 0.413. The SMILES string of the molecule is Cc1cc(C)n(-c2ccccc2CN2Cc3[nH]cnc3CC2C(=O)O)n1. The van der Waals surface area contributed by atoms with E-state index in [-0.39, 0.29) is 0 Å². The number of benzene rings is 1. The van der Waals surface area contributed by atoms with Crippen LogP contribution in [0, 0.1) is 13.8 Å². The summed E-state index contributed by atoms with van der Waals surface area (Å²) in [7, 11) is 0. The van der Waals surface area contributed by atoms with Crippen molar-refractivity contribution in [2.75, 3.05) is 0 Å². The number of aromatic nitrogens is 4. The summed E-state index contributed by atoms with van der Waals surface area (Å²) in [4.78, 5) is 21.2. The number of rotatable bonds is 4. The molecule has 0 spiro atoms. The first kappa shape index (κ1) is 16.5. The lowest BCUT2D eigenvalue weighted by atomic mass is 10.0. The molecule has 3 aromatic rings. The van der Waals surface area contributed by atoms with Crippen LogP contribution in [0.3, 0.4) is 0 Å². The summed E-state index contributed by atoms with van der Waals surface area (Å²) in [6.45, 7) is 5.06. The van der Waals surface area contributed by atoms with E-state index >= 15 is 0 Å². The highest BCUT2D eigenvalue weighted by Gasteiger charge is 2.33. The van der Waals surface area contributed by atoms with Gasteiger partial charge in [0.2, 0.25) is 0 Å². The molecular formula is C19H21N5O2. The lowest BCUT2D eigenvalue weighted by Crippen LogP contribution is -2.45.